The van der Waals surface area contributed by atoms with Gasteiger partial charge in [-0.2, -0.15) is 10.1 Å². The average molecular weight is 345 g/mol. The van der Waals surface area contributed by atoms with E-state index in [1.165, 1.54) is 0 Å². The Labute approximate surface area is 148 Å². The van der Waals surface area contributed by atoms with Gasteiger partial charge in [-0.15, -0.1) is 0 Å². The van der Waals surface area contributed by atoms with Crippen LogP contribution in [0.1, 0.15) is 74.6 Å². The van der Waals surface area contributed by atoms with Crippen LogP contribution < -0.4 is 0 Å². The summed E-state index contributed by atoms with van der Waals surface area (Å²) in [5, 5.41) is 8.35. The first-order chi connectivity index (χ1) is 11.9. The Balaban J connectivity index is 1.67. The zero-order chi connectivity index (χ0) is 18.0. The molecule has 0 saturated carbocycles. The Bertz CT molecular complexity index is 719. The molecule has 0 spiro atoms. The molecule has 1 aliphatic heterocycles. The van der Waals surface area contributed by atoms with Gasteiger partial charge in [0, 0.05) is 31.7 Å². The molecule has 3 heterocycles. The van der Waals surface area contributed by atoms with E-state index in [0.717, 1.165) is 31.6 Å². The maximum atomic E-state index is 12.8. The molecule has 3 rings (SSSR count). The molecule has 1 saturated heterocycles. The summed E-state index contributed by atoms with van der Waals surface area (Å²) in [4.78, 5) is 19.2. The first-order valence-electron chi connectivity index (χ1n) is 9.10. The highest BCUT2D eigenvalue weighted by atomic mass is 16.5. The summed E-state index contributed by atoms with van der Waals surface area (Å²) < 4.78 is 7.27. The molecule has 7 nitrogen and oxygen atoms in total. The van der Waals surface area contributed by atoms with Crippen LogP contribution in [0.2, 0.25) is 0 Å². The number of hydrogen-bond donors (Lipinski definition) is 0. The van der Waals surface area contributed by atoms with Crippen LogP contribution in [-0.4, -0.2) is 43.8 Å². The molecule has 0 bridgehead atoms. The van der Waals surface area contributed by atoms with Gasteiger partial charge in [0.15, 0.2) is 5.82 Å². The van der Waals surface area contributed by atoms with Crippen molar-refractivity contribution in [2.24, 2.45) is 5.92 Å². The van der Waals surface area contributed by atoms with Gasteiger partial charge in [0.05, 0.1) is 17.7 Å². The number of nitrogens with zero attached hydrogens (tertiary/aromatic N) is 5. The Morgan fingerprint density at radius 2 is 2.16 bits per heavy atom. The van der Waals surface area contributed by atoms with Crippen molar-refractivity contribution >= 4 is 5.91 Å². The van der Waals surface area contributed by atoms with Gasteiger partial charge < -0.3 is 9.42 Å². The lowest BCUT2D eigenvalue weighted by molar-refractivity contribution is 0.0695. The molecule has 1 atom stereocenters. The molecule has 0 aromatic carbocycles. The van der Waals surface area contributed by atoms with Crippen molar-refractivity contribution in [2.75, 3.05) is 13.1 Å². The quantitative estimate of drug-likeness (QED) is 0.832. The normalized spacial score (nSPS) is 18.3. The molecule has 25 heavy (non-hydrogen) atoms. The molecule has 1 amide bonds. The number of carbonyl (C=O) groups is 1. The summed E-state index contributed by atoms with van der Waals surface area (Å²) in [5.41, 5.74) is 0.639. The van der Waals surface area contributed by atoms with Crippen LogP contribution in [0.5, 0.6) is 0 Å². The molecule has 7 heteroatoms. The average Bonchev–Trinajstić information content (AvgIpc) is 3.23. The fourth-order valence-electron chi connectivity index (χ4n) is 3.16. The van der Waals surface area contributed by atoms with Gasteiger partial charge in [-0.25, -0.2) is 0 Å². The molecule has 0 radical (unpaired) electrons. The molecular weight excluding hydrogens is 318 g/mol. The van der Waals surface area contributed by atoms with Crippen LogP contribution in [0.4, 0.5) is 0 Å². The Morgan fingerprint density at radius 3 is 2.84 bits per heavy atom. The highest BCUT2D eigenvalue weighted by molar-refractivity contribution is 5.93. The van der Waals surface area contributed by atoms with E-state index in [2.05, 4.69) is 29.1 Å². The predicted molar refractivity (Wildman–Crippen MR) is 93.3 cm³/mol. The third kappa shape index (κ3) is 4.08. The first kappa shape index (κ1) is 17.6. The van der Waals surface area contributed by atoms with Crippen molar-refractivity contribution in [3.8, 4) is 0 Å². The third-order valence-electron chi connectivity index (χ3n) is 4.51. The van der Waals surface area contributed by atoms with Crippen LogP contribution in [-0.2, 0) is 6.42 Å². The largest absolute Gasteiger partial charge is 0.339 e. The monoisotopic (exact) mass is 345 g/mol. The fourth-order valence-corrected chi connectivity index (χ4v) is 3.16. The number of hydrogen-bond acceptors (Lipinski definition) is 5. The minimum absolute atomic E-state index is 0.0264. The number of carbonyl (C=O) groups excluding carboxylic acids is 1. The lowest BCUT2D eigenvalue weighted by atomic mass is 9.97. The molecule has 0 aliphatic carbocycles. The van der Waals surface area contributed by atoms with E-state index in [4.69, 9.17) is 4.52 Å². The van der Waals surface area contributed by atoms with E-state index in [1.54, 1.807) is 6.20 Å². The van der Waals surface area contributed by atoms with Crippen LogP contribution in [0.25, 0.3) is 0 Å². The zero-order valence-electron chi connectivity index (χ0n) is 15.5. The second-order valence-electron chi connectivity index (χ2n) is 7.54. The maximum absolute atomic E-state index is 12.8. The van der Waals surface area contributed by atoms with Crippen molar-refractivity contribution in [3.05, 3.63) is 29.7 Å². The highest BCUT2D eigenvalue weighted by Crippen LogP contribution is 2.27. The van der Waals surface area contributed by atoms with Crippen molar-refractivity contribution in [3.63, 3.8) is 0 Å². The first-order valence-corrected chi connectivity index (χ1v) is 9.10. The summed E-state index contributed by atoms with van der Waals surface area (Å²) in [7, 11) is 0. The predicted octanol–water partition coefficient (Wildman–Crippen LogP) is 3.07. The molecule has 136 valence electrons. The number of likely N-dealkylation sites (tertiary alicyclic amines) is 1. The van der Waals surface area contributed by atoms with E-state index in [-0.39, 0.29) is 17.9 Å². The van der Waals surface area contributed by atoms with Gasteiger partial charge in [0.25, 0.3) is 5.91 Å². The van der Waals surface area contributed by atoms with E-state index in [9.17, 15) is 4.79 Å². The van der Waals surface area contributed by atoms with Gasteiger partial charge >= 0.3 is 0 Å². The fraction of sp³-hybridized carbons (Fsp3) is 0.667. The number of piperidine rings is 1. The number of aromatic nitrogens is 4. The summed E-state index contributed by atoms with van der Waals surface area (Å²) >= 11 is 0. The van der Waals surface area contributed by atoms with Crippen LogP contribution in [0.15, 0.2) is 16.9 Å². The molecule has 2 aromatic heterocycles. The molecule has 2 aromatic rings. The molecular formula is C18H27N5O2. The third-order valence-corrected chi connectivity index (χ3v) is 4.51. The van der Waals surface area contributed by atoms with E-state index >= 15 is 0 Å². The second kappa shape index (κ2) is 7.37. The molecule has 1 unspecified atom stereocenters. The molecule has 1 fully saturated rings. The highest BCUT2D eigenvalue weighted by Gasteiger charge is 2.29. The SMILES string of the molecule is CC(C)Cc1noc(C2CCCN(C(=O)c3cnn(C(C)C)c3)C2)n1. The summed E-state index contributed by atoms with van der Waals surface area (Å²) in [6, 6.07) is 0.244. The summed E-state index contributed by atoms with van der Waals surface area (Å²) in [5.74, 6) is 2.05. The minimum atomic E-state index is 0.0264. The minimum Gasteiger partial charge on any atom is -0.339 e. The topological polar surface area (TPSA) is 77.0 Å². The van der Waals surface area contributed by atoms with Gasteiger partial charge in [0.2, 0.25) is 5.89 Å². The number of rotatable bonds is 5. The van der Waals surface area contributed by atoms with Crippen LogP contribution >= 0.6 is 0 Å². The zero-order valence-corrected chi connectivity index (χ0v) is 15.5. The Kier molecular flexibility index (Phi) is 5.20. The summed E-state index contributed by atoms with van der Waals surface area (Å²) in [6.45, 7) is 9.73. The van der Waals surface area contributed by atoms with E-state index < -0.39 is 0 Å². The molecule has 0 N–H and O–H groups in total. The Hall–Kier alpha value is -2.18. The standard InChI is InChI=1S/C18H27N5O2/c1-12(2)8-16-20-17(25-21-16)14-6-5-7-22(10-14)18(24)15-9-19-23(11-15)13(3)4/h9,11-14H,5-8,10H2,1-4H3. The van der Waals surface area contributed by atoms with Crippen molar-refractivity contribution in [1.82, 2.24) is 24.8 Å². The molecule has 1 aliphatic rings. The Morgan fingerprint density at radius 1 is 1.36 bits per heavy atom. The summed E-state index contributed by atoms with van der Waals surface area (Å²) in [6.07, 6.45) is 6.20. The maximum Gasteiger partial charge on any atom is 0.257 e. The van der Waals surface area contributed by atoms with Gasteiger partial charge in [-0.1, -0.05) is 19.0 Å². The van der Waals surface area contributed by atoms with Gasteiger partial charge in [-0.05, 0) is 32.6 Å². The lowest BCUT2D eigenvalue weighted by Crippen LogP contribution is -2.39. The van der Waals surface area contributed by atoms with Crippen molar-refractivity contribution < 1.29 is 9.32 Å². The number of amides is 1. The van der Waals surface area contributed by atoms with Gasteiger partial charge in [-0.3, -0.25) is 9.48 Å². The van der Waals surface area contributed by atoms with Crippen LogP contribution in [0, 0.1) is 5.92 Å². The van der Waals surface area contributed by atoms with Gasteiger partial charge in [0.1, 0.15) is 0 Å². The second-order valence-corrected chi connectivity index (χ2v) is 7.54. The van der Waals surface area contributed by atoms with Crippen molar-refractivity contribution in [1.29, 1.82) is 0 Å². The van der Waals surface area contributed by atoms with E-state index in [1.807, 2.05) is 29.6 Å². The van der Waals surface area contributed by atoms with E-state index in [0.29, 0.717) is 23.9 Å². The van der Waals surface area contributed by atoms with Crippen molar-refractivity contribution in [2.45, 2.75) is 58.9 Å². The smallest absolute Gasteiger partial charge is 0.257 e. The van der Waals surface area contributed by atoms with Crippen LogP contribution in [0.3, 0.4) is 0 Å². The lowest BCUT2D eigenvalue weighted by Gasteiger charge is -2.30.